The Morgan fingerprint density at radius 1 is 1.26 bits per heavy atom. The normalized spacial score (nSPS) is 14.9. The molecular formula is C14H17N3O2. The Balaban J connectivity index is 2.07. The minimum atomic E-state index is -0.211. The molecule has 2 rings (SSSR count). The summed E-state index contributed by atoms with van der Waals surface area (Å²) in [5, 5.41) is 6.85. The van der Waals surface area contributed by atoms with E-state index in [9.17, 15) is 9.59 Å². The molecule has 1 fully saturated rings. The Labute approximate surface area is 112 Å². The van der Waals surface area contributed by atoms with Gasteiger partial charge in [0.1, 0.15) is 0 Å². The molecule has 0 atom stereocenters. The van der Waals surface area contributed by atoms with Crippen LogP contribution in [0.15, 0.2) is 29.4 Å². The van der Waals surface area contributed by atoms with E-state index in [4.69, 9.17) is 0 Å². The first-order valence-electron chi connectivity index (χ1n) is 6.28. The predicted molar refractivity (Wildman–Crippen MR) is 73.8 cm³/mol. The van der Waals surface area contributed by atoms with Gasteiger partial charge in [-0.15, -0.1) is 0 Å². The van der Waals surface area contributed by atoms with Crippen LogP contribution in [0, 0.1) is 5.92 Å². The number of hydrogen-bond donors (Lipinski definition) is 2. The maximum atomic E-state index is 11.7. The highest BCUT2D eigenvalue weighted by atomic mass is 16.2. The minimum Gasteiger partial charge on any atom is -0.326 e. The van der Waals surface area contributed by atoms with Gasteiger partial charge < -0.3 is 5.32 Å². The average Bonchev–Trinajstić information content (AvgIpc) is 3.20. The van der Waals surface area contributed by atoms with Gasteiger partial charge in [-0.1, -0.05) is 12.1 Å². The van der Waals surface area contributed by atoms with Crippen LogP contribution in [0.25, 0.3) is 0 Å². The van der Waals surface area contributed by atoms with Gasteiger partial charge in [0, 0.05) is 18.5 Å². The summed E-state index contributed by atoms with van der Waals surface area (Å²) in [6, 6.07) is 7.43. The standard InChI is InChI=1S/C14H17N3O2/c1-9(16-17-10(2)18)12-4-3-5-13(8-12)15-14(19)11-6-7-11/h3-5,8,11H,6-7H2,1-2H3,(H,15,19)(H,17,18)/b16-9+. The Morgan fingerprint density at radius 3 is 2.63 bits per heavy atom. The second-order valence-electron chi connectivity index (χ2n) is 4.71. The second-order valence-corrected chi connectivity index (χ2v) is 4.71. The molecule has 0 radical (unpaired) electrons. The number of amides is 2. The van der Waals surface area contributed by atoms with Crippen LogP contribution in [-0.4, -0.2) is 17.5 Å². The van der Waals surface area contributed by atoms with Gasteiger partial charge in [0.15, 0.2) is 0 Å². The van der Waals surface area contributed by atoms with Crippen molar-refractivity contribution in [2.24, 2.45) is 11.0 Å². The van der Waals surface area contributed by atoms with Crippen molar-refractivity contribution in [2.45, 2.75) is 26.7 Å². The van der Waals surface area contributed by atoms with E-state index in [0.717, 1.165) is 24.1 Å². The molecule has 0 saturated heterocycles. The topological polar surface area (TPSA) is 70.6 Å². The number of anilines is 1. The SMILES string of the molecule is CC(=O)N/N=C(\C)c1cccc(NC(=O)C2CC2)c1. The lowest BCUT2D eigenvalue weighted by Crippen LogP contribution is -2.16. The van der Waals surface area contributed by atoms with E-state index >= 15 is 0 Å². The van der Waals surface area contributed by atoms with Gasteiger partial charge in [-0.05, 0) is 37.5 Å². The minimum absolute atomic E-state index is 0.0774. The molecule has 0 heterocycles. The fourth-order valence-electron chi connectivity index (χ4n) is 1.64. The zero-order valence-electron chi connectivity index (χ0n) is 11.1. The van der Waals surface area contributed by atoms with Crippen molar-refractivity contribution in [2.75, 3.05) is 5.32 Å². The third-order valence-corrected chi connectivity index (χ3v) is 2.88. The van der Waals surface area contributed by atoms with Crippen molar-refractivity contribution < 1.29 is 9.59 Å². The first-order chi connectivity index (χ1) is 9.06. The van der Waals surface area contributed by atoms with Crippen LogP contribution >= 0.6 is 0 Å². The lowest BCUT2D eigenvalue weighted by molar-refractivity contribution is -0.119. The molecule has 2 N–H and O–H groups in total. The van der Waals surface area contributed by atoms with Crippen molar-refractivity contribution in [3.63, 3.8) is 0 Å². The molecule has 0 spiro atoms. The number of rotatable bonds is 4. The summed E-state index contributed by atoms with van der Waals surface area (Å²) < 4.78 is 0. The van der Waals surface area contributed by atoms with Gasteiger partial charge in [-0.25, -0.2) is 5.43 Å². The quantitative estimate of drug-likeness (QED) is 0.640. The summed E-state index contributed by atoms with van der Waals surface area (Å²) in [5.41, 5.74) is 4.71. The van der Waals surface area contributed by atoms with Crippen LogP contribution in [0.5, 0.6) is 0 Å². The summed E-state index contributed by atoms with van der Waals surface area (Å²) in [7, 11) is 0. The lowest BCUT2D eigenvalue weighted by atomic mass is 10.1. The van der Waals surface area contributed by atoms with E-state index in [1.54, 1.807) is 6.92 Å². The molecule has 1 saturated carbocycles. The summed E-state index contributed by atoms with van der Waals surface area (Å²) in [4.78, 5) is 22.5. The molecular weight excluding hydrogens is 242 g/mol. The number of benzene rings is 1. The van der Waals surface area contributed by atoms with E-state index in [1.807, 2.05) is 24.3 Å². The fraction of sp³-hybridized carbons (Fsp3) is 0.357. The van der Waals surface area contributed by atoms with E-state index in [2.05, 4.69) is 15.8 Å². The van der Waals surface area contributed by atoms with E-state index in [0.29, 0.717) is 5.71 Å². The molecule has 100 valence electrons. The number of carbonyl (C=O) groups is 2. The monoisotopic (exact) mass is 259 g/mol. The van der Waals surface area contributed by atoms with Crippen molar-refractivity contribution >= 4 is 23.2 Å². The molecule has 2 amide bonds. The highest BCUT2D eigenvalue weighted by molar-refractivity contribution is 6.01. The summed E-state index contributed by atoms with van der Waals surface area (Å²) in [6.07, 6.45) is 1.96. The summed E-state index contributed by atoms with van der Waals surface area (Å²) in [6.45, 7) is 3.21. The van der Waals surface area contributed by atoms with Gasteiger partial charge in [0.2, 0.25) is 11.8 Å². The molecule has 1 aromatic rings. The Morgan fingerprint density at radius 2 is 2.00 bits per heavy atom. The molecule has 0 aliphatic heterocycles. The van der Waals surface area contributed by atoms with Gasteiger partial charge in [-0.3, -0.25) is 9.59 Å². The van der Waals surface area contributed by atoms with Gasteiger partial charge in [0.05, 0.1) is 5.71 Å². The molecule has 19 heavy (non-hydrogen) atoms. The van der Waals surface area contributed by atoms with Crippen LogP contribution in [0.3, 0.4) is 0 Å². The zero-order valence-corrected chi connectivity index (χ0v) is 11.1. The first-order valence-corrected chi connectivity index (χ1v) is 6.28. The number of hydrogen-bond acceptors (Lipinski definition) is 3. The van der Waals surface area contributed by atoms with Crippen LogP contribution in [0.2, 0.25) is 0 Å². The van der Waals surface area contributed by atoms with E-state index < -0.39 is 0 Å². The smallest absolute Gasteiger partial charge is 0.236 e. The molecule has 1 aliphatic rings. The van der Waals surface area contributed by atoms with Crippen molar-refractivity contribution in [1.29, 1.82) is 0 Å². The summed E-state index contributed by atoms with van der Waals surface area (Å²) >= 11 is 0. The average molecular weight is 259 g/mol. The highest BCUT2D eigenvalue weighted by Gasteiger charge is 2.29. The number of nitrogens with one attached hydrogen (secondary N) is 2. The van der Waals surface area contributed by atoms with Crippen LogP contribution in [0.4, 0.5) is 5.69 Å². The summed E-state index contributed by atoms with van der Waals surface area (Å²) in [5.74, 6) is 0.0453. The largest absolute Gasteiger partial charge is 0.326 e. The Hall–Kier alpha value is -2.17. The number of carbonyl (C=O) groups excluding carboxylic acids is 2. The predicted octanol–water partition coefficient (Wildman–Crippen LogP) is 1.90. The Bertz CT molecular complexity index is 533. The highest BCUT2D eigenvalue weighted by Crippen LogP contribution is 2.30. The van der Waals surface area contributed by atoms with Crippen LogP contribution in [-0.2, 0) is 9.59 Å². The fourth-order valence-corrected chi connectivity index (χ4v) is 1.64. The number of hydrazone groups is 1. The second kappa shape index (κ2) is 5.65. The first kappa shape index (κ1) is 13.3. The van der Waals surface area contributed by atoms with E-state index in [1.165, 1.54) is 6.92 Å². The van der Waals surface area contributed by atoms with Crippen molar-refractivity contribution in [3.05, 3.63) is 29.8 Å². The van der Waals surface area contributed by atoms with E-state index in [-0.39, 0.29) is 17.7 Å². The zero-order chi connectivity index (χ0) is 13.8. The molecule has 1 aliphatic carbocycles. The lowest BCUT2D eigenvalue weighted by Gasteiger charge is -2.07. The molecule has 0 unspecified atom stereocenters. The maximum Gasteiger partial charge on any atom is 0.236 e. The maximum absolute atomic E-state index is 11.7. The Kier molecular flexibility index (Phi) is 3.94. The third-order valence-electron chi connectivity index (χ3n) is 2.88. The van der Waals surface area contributed by atoms with Gasteiger partial charge >= 0.3 is 0 Å². The van der Waals surface area contributed by atoms with Crippen molar-refractivity contribution in [3.8, 4) is 0 Å². The van der Waals surface area contributed by atoms with Gasteiger partial charge in [-0.2, -0.15) is 5.10 Å². The molecule has 0 aromatic heterocycles. The third kappa shape index (κ3) is 3.91. The van der Waals surface area contributed by atoms with Crippen molar-refractivity contribution in [1.82, 2.24) is 5.43 Å². The van der Waals surface area contributed by atoms with Crippen LogP contribution in [0.1, 0.15) is 32.3 Å². The number of nitrogens with zero attached hydrogens (tertiary/aromatic N) is 1. The van der Waals surface area contributed by atoms with Gasteiger partial charge in [0.25, 0.3) is 0 Å². The molecule has 0 bridgehead atoms. The molecule has 5 heteroatoms. The molecule has 1 aromatic carbocycles. The van der Waals surface area contributed by atoms with Crippen LogP contribution < -0.4 is 10.7 Å². The molecule has 5 nitrogen and oxygen atoms in total.